The first kappa shape index (κ1) is 12.4. The maximum Gasteiger partial charge on any atom is 0.262 e. The van der Waals surface area contributed by atoms with Crippen LogP contribution in [0.4, 0.5) is 0 Å². The van der Waals surface area contributed by atoms with Gasteiger partial charge in [0.2, 0.25) is 0 Å². The number of nitrogens with one attached hydrogen (secondary N) is 1. The molecule has 0 aromatic carbocycles. The van der Waals surface area contributed by atoms with Crippen LogP contribution in [0, 0.1) is 6.92 Å². The van der Waals surface area contributed by atoms with E-state index >= 15 is 0 Å². The Labute approximate surface area is 116 Å². The number of carbonyl (C=O) groups excluding carboxylic acids is 1. The molecule has 100 valence electrons. The number of thiophene rings is 1. The van der Waals surface area contributed by atoms with Gasteiger partial charge in [-0.1, -0.05) is 0 Å². The van der Waals surface area contributed by atoms with Crippen LogP contribution in [0.15, 0.2) is 17.6 Å². The average molecular weight is 275 g/mol. The second kappa shape index (κ2) is 4.81. The van der Waals surface area contributed by atoms with E-state index in [4.69, 9.17) is 0 Å². The van der Waals surface area contributed by atoms with Gasteiger partial charge in [-0.3, -0.25) is 9.48 Å². The van der Waals surface area contributed by atoms with Crippen LogP contribution in [0.25, 0.3) is 0 Å². The molecule has 1 unspecified atom stereocenters. The zero-order valence-corrected chi connectivity index (χ0v) is 12.0. The fourth-order valence-electron chi connectivity index (χ4n) is 2.69. The molecule has 1 amide bonds. The number of aryl methyl sites for hydroxylation is 2. The van der Waals surface area contributed by atoms with Gasteiger partial charge in [0.1, 0.15) is 0 Å². The van der Waals surface area contributed by atoms with Crippen LogP contribution in [0.1, 0.15) is 45.4 Å². The molecule has 0 saturated heterocycles. The van der Waals surface area contributed by atoms with E-state index in [-0.39, 0.29) is 11.9 Å². The summed E-state index contributed by atoms with van der Waals surface area (Å²) in [6.07, 6.45) is 5.03. The first-order valence-electron chi connectivity index (χ1n) is 6.52. The largest absolute Gasteiger partial charge is 0.344 e. The second-order valence-electron chi connectivity index (χ2n) is 5.02. The highest BCUT2D eigenvalue weighted by atomic mass is 32.1. The third-order valence-electron chi connectivity index (χ3n) is 3.75. The Morgan fingerprint density at radius 3 is 3.16 bits per heavy atom. The lowest BCUT2D eigenvalue weighted by molar-refractivity contribution is 0.0936. The van der Waals surface area contributed by atoms with Gasteiger partial charge in [0.15, 0.2) is 0 Å². The predicted molar refractivity (Wildman–Crippen MR) is 75.4 cm³/mol. The van der Waals surface area contributed by atoms with Crippen molar-refractivity contribution >= 4 is 17.2 Å². The van der Waals surface area contributed by atoms with Crippen molar-refractivity contribution in [2.75, 3.05) is 0 Å². The van der Waals surface area contributed by atoms with Gasteiger partial charge >= 0.3 is 0 Å². The van der Waals surface area contributed by atoms with Crippen molar-refractivity contribution in [3.8, 4) is 0 Å². The Balaban J connectivity index is 1.82. The lowest BCUT2D eigenvalue weighted by Crippen LogP contribution is -2.30. The van der Waals surface area contributed by atoms with Crippen molar-refractivity contribution in [2.45, 2.75) is 32.2 Å². The molecule has 0 radical (unpaired) electrons. The zero-order valence-electron chi connectivity index (χ0n) is 11.1. The van der Waals surface area contributed by atoms with Gasteiger partial charge in [-0.25, -0.2) is 0 Å². The SMILES string of the molecule is Cc1ccsc1C(=O)NC1CCCc2c1cnn2C. The summed E-state index contributed by atoms with van der Waals surface area (Å²) in [4.78, 5) is 13.1. The number of fused-ring (bicyclic) bond motifs is 1. The molecular formula is C14H17N3OS. The number of aromatic nitrogens is 2. The van der Waals surface area contributed by atoms with Crippen LogP contribution in [-0.4, -0.2) is 15.7 Å². The van der Waals surface area contributed by atoms with Gasteiger partial charge in [-0.2, -0.15) is 5.10 Å². The van der Waals surface area contributed by atoms with Crippen LogP contribution in [0.2, 0.25) is 0 Å². The Kier molecular flexibility index (Phi) is 3.14. The van der Waals surface area contributed by atoms with E-state index in [0.717, 1.165) is 29.7 Å². The van der Waals surface area contributed by atoms with E-state index in [1.807, 2.05) is 36.3 Å². The van der Waals surface area contributed by atoms with Crippen molar-refractivity contribution in [3.05, 3.63) is 39.3 Å². The molecule has 1 aliphatic carbocycles. The van der Waals surface area contributed by atoms with E-state index < -0.39 is 0 Å². The van der Waals surface area contributed by atoms with Gasteiger partial charge in [-0.15, -0.1) is 11.3 Å². The third-order valence-corrected chi connectivity index (χ3v) is 4.76. The fourth-order valence-corrected chi connectivity index (χ4v) is 3.51. The minimum Gasteiger partial charge on any atom is -0.344 e. The highest BCUT2D eigenvalue weighted by molar-refractivity contribution is 7.12. The molecule has 0 fully saturated rings. The van der Waals surface area contributed by atoms with Crippen LogP contribution in [0.3, 0.4) is 0 Å². The summed E-state index contributed by atoms with van der Waals surface area (Å²) in [5.74, 6) is 0.0363. The van der Waals surface area contributed by atoms with Crippen molar-refractivity contribution in [1.29, 1.82) is 0 Å². The molecule has 1 atom stereocenters. The van der Waals surface area contributed by atoms with Crippen LogP contribution < -0.4 is 5.32 Å². The van der Waals surface area contributed by atoms with Crippen LogP contribution >= 0.6 is 11.3 Å². The standard InChI is InChI=1S/C14H17N3OS/c1-9-6-7-19-13(9)14(18)16-11-4-3-5-12-10(11)8-15-17(12)2/h6-8,11H,3-5H2,1-2H3,(H,16,18). The van der Waals surface area contributed by atoms with Crippen molar-refractivity contribution < 1.29 is 4.79 Å². The van der Waals surface area contributed by atoms with Crippen LogP contribution in [-0.2, 0) is 13.5 Å². The first-order chi connectivity index (χ1) is 9.16. The molecule has 0 saturated carbocycles. The smallest absolute Gasteiger partial charge is 0.262 e. The Morgan fingerprint density at radius 2 is 2.42 bits per heavy atom. The highest BCUT2D eigenvalue weighted by Crippen LogP contribution is 2.29. The normalized spacial score (nSPS) is 18.1. The summed E-state index contributed by atoms with van der Waals surface area (Å²) < 4.78 is 1.92. The molecule has 2 aromatic heterocycles. The monoisotopic (exact) mass is 275 g/mol. The van der Waals surface area contributed by atoms with E-state index in [9.17, 15) is 4.79 Å². The Bertz CT molecular complexity index is 614. The summed E-state index contributed by atoms with van der Waals surface area (Å²) in [6.45, 7) is 1.97. The molecule has 1 N–H and O–H groups in total. The minimum atomic E-state index is 0.0363. The van der Waals surface area contributed by atoms with Crippen molar-refractivity contribution in [1.82, 2.24) is 15.1 Å². The molecule has 4 nitrogen and oxygen atoms in total. The summed E-state index contributed by atoms with van der Waals surface area (Å²) >= 11 is 1.50. The number of rotatable bonds is 2. The molecule has 19 heavy (non-hydrogen) atoms. The van der Waals surface area contributed by atoms with E-state index in [1.54, 1.807) is 0 Å². The van der Waals surface area contributed by atoms with E-state index in [1.165, 1.54) is 22.6 Å². The molecule has 5 heteroatoms. The Hall–Kier alpha value is -1.62. The number of amides is 1. The molecule has 0 aliphatic heterocycles. The second-order valence-corrected chi connectivity index (χ2v) is 5.94. The molecule has 3 rings (SSSR count). The minimum absolute atomic E-state index is 0.0363. The van der Waals surface area contributed by atoms with Crippen LogP contribution in [0.5, 0.6) is 0 Å². The Morgan fingerprint density at radius 1 is 1.58 bits per heavy atom. The first-order valence-corrected chi connectivity index (χ1v) is 7.40. The van der Waals surface area contributed by atoms with Gasteiger partial charge in [0.25, 0.3) is 5.91 Å². The lowest BCUT2D eigenvalue weighted by Gasteiger charge is -2.23. The van der Waals surface area contributed by atoms with E-state index in [0.29, 0.717) is 0 Å². The number of nitrogens with zero attached hydrogens (tertiary/aromatic N) is 2. The molecule has 0 bridgehead atoms. The molecule has 2 aromatic rings. The highest BCUT2D eigenvalue weighted by Gasteiger charge is 2.25. The maximum absolute atomic E-state index is 12.3. The molecule has 2 heterocycles. The summed E-state index contributed by atoms with van der Waals surface area (Å²) in [5, 5.41) is 9.41. The van der Waals surface area contributed by atoms with E-state index in [2.05, 4.69) is 10.4 Å². The average Bonchev–Trinajstić information content (AvgIpc) is 2.97. The molecular weight excluding hydrogens is 258 g/mol. The summed E-state index contributed by atoms with van der Waals surface area (Å²) in [7, 11) is 1.96. The number of hydrogen-bond donors (Lipinski definition) is 1. The lowest BCUT2D eigenvalue weighted by atomic mass is 9.93. The summed E-state index contributed by atoms with van der Waals surface area (Å²) in [6, 6.07) is 2.09. The van der Waals surface area contributed by atoms with Gasteiger partial charge < -0.3 is 5.32 Å². The molecule has 0 spiro atoms. The topological polar surface area (TPSA) is 46.9 Å². The molecule has 1 aliphatic rings. The van der Waals surface area contributed by atoms with Crippen molar-refractivity contribution in [3.63, 3.8) is 0 Å². The van der Waals surface area contributed by atoms with Gasteiger partial charge in [0, 0.05) is 18.3 Å². The maximum atomic E-state index is 12.3. The quantitative estimate of drug-likeness (QED) is 0.915. The predicted octanol–water partition coefficient (Wildman–Crippen LogP) is 2.60. The number of carbonyl (C=O) groups is 1. The summed E-state index contributed by atoms with van der Waals surface area (Å²) in [5.41, 5.74) is 3.47. The van der Waals surface area contributed by atoms with Gasteiger partial charge in [-0.05, 0) is 43.2 Å². The third kappa shape index (κ3) is 2.18. The number of hydrogen-bond acceptors (Lipinski definition) is 3. The van der Waals surface area contributed by atoms with Gasteiger partial charge in [0.05, 0.1) is 17.1 Å². The van der Waals surface area contributed by atoms with Crippen molar-refractivity contribution in [2.24, 2.45) is 7.05 Å². The fraction of sp³-hybridized carbons (Fsp3) is 0.429. The zero-order chi connectivity index (χ0) is 13.4.